The minimum Gasteiger partial charge on any atom is -0.492 e. The number of hydrogen-bond donors (Lipinski definition) is 0. The van der Waals surface area contributed by atoms with Gasteiger partial charge in [-0.25, -0.2) is 8.42 Å². The summed E-state index contributed by atoms with van der Waals surface area (Å²) in [5.41, 5.74) is 0.995. The summed E-state index contributed by atoms with van der Waals surface area (Å²) in [6, 6.07) is 5.24. The molecule has 0 spiro atoms. The first-order chi connectivity index (χ1) is 10.9. The van der Waals surface area contributed by atoms with Gasteiger partial charge in [-0.05, 0) is 64.2 Å². The van der Waals surface area contributed by atoms with E-state index in [4.69, 9.17) is 4.74 Å². The Morgan fingerprint density at radius 2 is 1.87 bits per heavy atom. The van der Waals surface area contributed by atoms with E-state index in [-0.39, 0.29) is 10.9 Å². The van der Waals surface area contributed by atoms with Crippen molar-refractivity contribution < 1.29 is 13.2 Å². The molecule has 1 aliphatic rings. The van der Waals surface area contributed by atoms with Crippen molar-refractivity contribution in [1.82, 2.24) is 4.31 Å². The molecule has 1 aromatic rings. The summed E-state index contributed by atoms with van der Waals surface area (Å²) >= 11 is 0. The molecule has 128 valence electrons. The van der Waals surface area contributed by atoms with Gasteiger partial charge >= 0.3 is 0 Å². The number of fused-ring (bicyclic) bond motifs is 1. The number of allylic oxidation sites excluding steroid dienone is 1. The molecule has 0 aromatic heterocycles. The van der Waals surface area contributed by atoms with E-state index in [0.717, 1.165) is 31.2 Å². The molecular formula is C18H27NO3S. The van der Waals surface area contributed by atoms with E-state index >= 15 is 0 Å². The maximum atomic E-state index is 13.1. The molecule has 1 aromatic carbocycles. The van der Waals surface area contributed by atoms with Crippen LogP contribution >= 0.6 is 0 Å². The van der Waals surface area contributed by atoms with Gasteiger partial charge in [0.15, 0.2) is 0 Å². The van der Waals surface area contributed by atoms with Gasteiger partial charge in [-0.3, -0.25) is 0 Å². The molecule has 1 aliphatic heterocycles. The molecule has 2 rings (SSSR count). The van der Waals surface area contributed by atoms with Crippen LogP contribution in [0.3, 0.4) is 0 Å². The van der Waals surface area contributed by atoms with E-state index in [1.165, 1.54) is 0 Å². The summed E-state index contributed by atoms with van der Waals surface area (Å²) in [4.78, 5) is 0.278. The van der Waals surface area contributed by atoms with Crippen LogP contribution in [0.4, 0.5) is 0 Å². The monoisotopic (exact) mass is 337 g/mol. The third-order valence-corrected chi connectivity index (χ3v) is 6.08. The molecule has 0 saturated heterocycles. The molecule has 0 aliphatic carbocycles. The fourth-order valence-corrected chi connectivity index (χ4v) is 4.52. The summed E-state index contributed by atoms with van der Waals surface area (Å²) in [5, 5.41) is 0. The quantitative estimate of drug-likeness (QED) is 0.730. The summed E-state index contributed by atoms with van der Waals surface area (Å²) < 4.78 is 33.6. The Morgan fingerprint density at radius 1 is 1.13 bits per heavy atom. The predicted molar refractivity (Wildman–Crippen MR) is 93.3 cm³/mol. The molecule has 0 unspecified atom stereocenters. The molecule has 4 nitrogen and oxygen atoms in total. The highest BCUT2D eigenvalue weighted by molar-refractivity contribution is 7.89. The van der Waals surface area contributed by atoms with Crippen LogP contribution in [0.1, 0.15) is 45.1 Å². The maximum Gasteiger partial charge on any atom is 0.246 e. The van der Waals surface area contributed by atoms with Crippen LogP contribution in [-0.2, 0) is 10.0 Å². The van der Waals surface area contributed by atoms with E-state index < -0.39 is 10.0 Å². The highest BCUT2D eigenvalue weighted by atomic mass is 32.2. The van der Waals surface area contributed by atoms with Crippen LogP contribution in [0.15, 0.2) is 35.2 Å². The molecule has 0 fully saturated rings. The highest BCUT2D eigenvalue weighted by Crippen LogP contribution is 2.29. The van der Waals surface area contributed by atoms with Crippen molar-refractivity contribution in [1.29, 1.82) is 0 Å². The lowest BCUT2D eigenvalue weighted by atomic mass is 10.2. The lowest BCUT2D eigenvalue weighted by molar-refractivity contribution is 0.311. The second-order valence-corrected chi connectivity index (χ2v) is 8.12. The Morgan fingerprint density at radius 3 is 2.61 bits per heavy atom. The number of aryl methyl sites for hydroxylation is 1. The van der Waals surface area contributed by atoms with Gasteiger partial charge in [-0.2, -0.15) is 4.31 Å². The van der Waals surface area contributed by atoms with Crippen LogP contribution < -0.4 is 4.74 Å². The molecular weight excluding hydrogens is 310 g/mol. The first-order valence-corrected chi connectivity index (χ1v) is 9.77. The lowest BCUT2D eigenvalue weighted by Gasteiger charge is -2.27. The number of rotatable bonds is 1. The van der Waals surface area contributed by atoms with Gasteiger partial charge in [-0.1, -0.05) is 18.2 Å². The van der Waals surface area contributed by atoms with Gasteiger partial charge in [0, 0.05) is 12.6 Å². The van der Waals surface area contributed by atoms with Crippen LogP contribution in [-0.4, -0.2) is 31.9 Å². The first kappa shape index (κ1) is 18.0. The lowest BCUT2D eigenvalue weighted by Crippen LogP contribution is -2.37. The van der Waals surface area contributed by atoms with Crippen LogP contribution in [0.25, 0.3) is 0 Å². The molecule has 5 heteroatoms. The Balaban J connectivity index is 2.45. The van der Waals surface area contributed by atoms with Gasteiger partial charge in [-0.15, -0.1) is 0 Å². The number of ether oxygens (including phenoxy) is 1. The second-order valence-electron chi connectivity index (χ2n) is 6.26. The van der Waals surface area contributed by atoms with Crippen molar-refractivity contribution in [2.75, 3.05) is 13.2 Å². The van der Waals surface area contributed by atoms with Gasteiger partial charge < -0.3 is 4.74 Å². The highest BCUT2D eigenvalue weighted by Gasteiger charge is 2.29. The Labute approximate surface area is 140 Å². The van der Waals surface area contributed by atoms with Crippen molar-refractivity contribution in [3.05, 3.63) is 35.9 Å². The third-order valence-electron chi connectivity index (χ3n) is 3.97. The standard InChI is InChI=1S/C18H27NO3S/c1-15(2)19-12-8-6-4-5-7-9-13-22-17-14-16(3)10-11-18(17)23(19,20)21/h5,7,10-11,14-15H,4,6,8-9,12-13H2,1-3H3/b7-5-. The number of nitrogens with zero attached hydrogens (tertiary/aromatic N) is 1. The zero-order chi connectivity index (χ0) is 16.9. The molecule has 1 heterocycles. The van der Waals surface area contributed by atoms with Crippen molar-refractivity contribution in [3.8, 4) is 5.75 Å². The number of hydrogen-bond acceptors (Lipinski definition) is 3. The van der Waals surface area contributed by atoms with E-state index in [1.807, 2.05) is 32.9 Å². The largest absolute Gasteiger partial charge is 0.492 e. The zero-order valence-electron chi connectivity index (χ0n) is 14.3. The minimum atomic E-state index is -3.55. The molecule has 0 bridgehead atoms. The molecule has 0 amide bonds. The maximum absolute atomic E-state index is 13.1. The summed E-state index contributed by atoms with van der Waals surface area (Å²) in [5.74, 6) is 0.461. The molecule has 0 saturated carbocycles. The number of benzene rings is 1. The van der Waals surface area contributed by atoms with Crippen molar-refractivity contribution in [3.63, 3.8) is 0 Å². The normalized spacial score (nSPS) is 21.4. The number of sulfonamides is 1. The molecule has 0 radical (unpaired) electrons. The zero-order valence-corrected chi connectivity index (χ0v) is 15.1. The first-order valence-electron chi connectivity index (χ1n) is 8.33. The molecule has 0 atom stereocenters. The molecule has 0 N–H and O–H groups in total. The average molecular weight is 337 g/mol. The van der Waals surface area contributed by atoms with Crippen molar-refractivity contribution in [2.45, 2.75) is 57.4 Å². The van der Waals surface area contributed by atoms with Crippen molar-refractivity contribution >= 4 is 10.0 Å². The second kappa shape index (κ2) is 7.97. The van der Waals surface area contributed by atoms with Gasteiger partial charge in [0.1, 0.15) is 10.6 Å². The Bertz CT molecular complexity index is 650. The van der Waals surface area contributed by atoms with Gasteiger partial charge in [0.25, 0.3) is 0 Å². The van der Waals surface area contributed by atoms with Crippen molar-refractivity contribution in [2.24, 2.45) is 0 Å². The molecule has 23 heavy (non-hydrogen) atoms. The summed E-state index contributed by atoms with van der Waals surface area (Å²) in [6.07, 6.45) is 7.91. The van der Waals surface area contributed by atoms with E-state index in [1.54, 1.807) is 10.4 Å². The summed E-state index contributed by atoms with van der Waals surface area (Å²) in [7, 11) is -3.55. The average Bonchev–Trinajstić information content (AvgIpc) is 2.48. The van der Waals surface area contributed by atoms with Crippen LogP contribution in [0.2, 0.25) is 0 Å². The Kier molecular flexibility index (Phi) is 6.25. The van der Waals surface area contributed by atoms with Gasteiger partial charge in [0.05, 0.1) is 6.61 Å². The third kappa shape index (κ3) is 4.58. The topological polar surface area (TPSA) is 46.6 Å². The van der Waals surface area contributed by atoms with Gasteiger partial charge in [0.2, 0.25) is 10.0 Å². The van der Waals surface area contributed by atoms with Crippen LogP contribution in [0.5, 0.6) is 5.75 Å². The fourth-order valence-electron chi connectivity index (χ4n) is 2.73. The van der Waals surface area contributed by atoms with E-state index in [2.05, 4.69) is 12.2 Å². The van der Waals surface area contributed by atoms with E-state index in [0.29, 0.717) is 18.9 Å². The summed E-state index contributed by atoms with van der Waals surface area (Å²) in [6.45, 7) is 6.82. The SMILES string of the molecule is Cc1ccc2c(c1)OCC/C=C\CCCCN(C(C)C)S2(=O)=O. The predicted octanol–water partition coefficient (Wildman–Crippen LogP) is 3.90. The smallest absolute Gasteiger partial charge is 0.246 e. The Hall–Kier alpha value is -1.33. The van der Waals surface area contributed by atoms with Crippen LogP contribution in [0, 0.1) is 6.92 Å². The minimum absolute atomic E-state index is 0.0742. The van der Waals surface area contributed by atoms with E-state index in [9.17, 15) is 8.42 Å². The fraction of sp³-hybridized carbons (Fsp3) is 0.556.